The Labute approximate surface area is 133 Å². The van der Waals surface area contributed by atoms with Gasteiger partial charge in [0.05, 0.1) is 18.2 Å². The van der Waals surface area contributed by atoms with Crippen LogP contribution in [0.3, 0.4) is 0 Å². The Morgan fingerprint density at radius 2 is 1.91 bits per heavy atom. The van der Waals surface area contributed by atoms with Crippen LogP contribution in [0.25, 0.3) is 0 Å². The van der Waals surface area contributed by atoms with Crippen LogP contribution in [-0.4, -0.2) is 26.8 Å². The number of phenols is 1. The Bertz CT molecular complexity index is 789. The van der Waals surface area contributed by atoms with Crippen molar-refractivity contribution >= 4 is 27.8 Å². The summed E-state index contributed by atoms with van der Waals surface area (Å²) in [5, 5.41) is 13.6. The molecule has 0 atom stereocenters. The largest absolute Gasteiger partial charge is 0.504 e. The van der Waals surface area contributed by atoms with Gasteiger partial charge in [0, 0.05) is 5.02 Å². The maximum absolute atomic E-state index is 12.0. The van der Waals surface area contributed by atoms with Crippen LogP contribution in [-0.2, 0) is 10.0 Å². The van der Waals surface area contributed by atoms with E-state index in [-0.39, 0.29) is 16.4 Å². The predicted octanol–water partition coefficient (Wildman–Crippen LogP) is 2.37. The third-order valence-corrected chi connectivity index (χ3v) is 4.20. The molecule has 0 heterocycles. The molecule has 0 aliphatic heterocycles. The van der Waals surface area contributed by atoms with Crippen LogP contribution in [0.4, 0.5) is 0 Å². The van der Waals surface area contributed by atoms with Gasteiger partial charge in [-0.15, -0.1) is 0 Å². The van der Waals surface area contributed by atoms with Gasteiger partial charge in [-0.2, -0.15) is 13.5 Å². The second-order valence-electron chi connectivity index (χ2n) is 4.24. The van der Waals surface area contributed by atoms with E-state index in [0.717, 1.165) is 0 Å². The quantitative estimate of drug-likeness (QED) is 0.646. The van der Waals surface area contributed by atoms with Gasteiger partial charge in [0.2, 0.25) is 0 Å². The molecule has 8 heteroatoms. The van der Waals surface area contributed by atoms with Crippen molar-refractivity contribution in [1.82, 2.24) is 4.83 Å². The Morgan fingerprint density at radius 1 is 1.23 bits per heavy atom. The van der Waals surface area contributed by atoms with E-state index in [2.05, 4.69) is 9.93 Å². The highest BCUT2D eigenvalue weighted by atomic mass is 35.5. The zero-order chi connectivity index (χ0) is 16.2. The lowest BCUT2D eigenvalue weighted by Gasteiger charge is -2.04. The van der Waals surface area contributed by atoms with Crippen LogP contribution >= 0.6 is 11.6 Å². The predicted molar refractivity (Wildman–Crippen MR) is 84.0 cm³/mol. The zero-order valence-corrected chi connectivity index (χ0v) is 13.1. The summed E-state index contributed by atoms with van der Waals surface area (Å²) in [5.74, 6) is 0.255. The molecule has 0 amide bonds. The van der Waals surface area contributed by atoms with Gasteiger partial charge in [-0.1, -0.05) is 11.6 Å². The molecule has 0 saturated carbocycles. The van der Waals surface area contributed by atoms with Gasteiger partial charge < -0.3 is 9.84 Å². The monoisotopic (exact) mass is 340 g/mol. The molecule has 0 radical (unpaired) electrons. The molecular weight excluding hydrogens is 328 g/mol. The maximum Gasteiger partial charge on any atom is 0.276 e. The van der Waals surface area contributed by atoms with Crippen molar-refractivity contribution in [2.75, 3.05) is 7.11 Å². The lowest BCUT2D eigenvalue weighted by molar-refractivity contribution is 0.373. The van der Waals surface area contributed by atoms with Crippen molar-refractivity contribution in [3.63, 3.8) is 0 Å². The second-order valence-corrected chi connectivity index (χ2v) is 6.34. The summed E-state index contributed by atoms with van der Waals surface area (Å²) in [6.45, 7) is 0. The molecule has 0 fully saturated rings. The van der Waals surface area contributed by atoms with E-state index in [1.54, 1.807) is 6.07 Å². The molecule has 0 aliphatic carbocycles. The summed E-state index contributed by atoms with van der Waals surface area (Å²) >= 11 is 5.71. The fraction of sp³-hybridized carbons (Fsp3) is 0.0714. The summed E-state index contributed by atoms with van der Waals surface area (Å²) < 4.78 is 28.9. The Hall–Kier alpha value is -2.25. The SMILES string of the molecule is COc1cc(/C=N\NS(=O)(=O)c2ccc(Cl)cc2)ccc1O. The molecule has 22 heavy (non-hydrogen) atoms. The van der Waals surface area contributed by atoms with Crippen LogP contribution in [0.1, 0.15) is 5.56 Å². The fourth-order valence-corrected chi connectivity index (χ4v) is 2.53. The molecule has 6 nitrogen and oxygen atoms in total. The van der Waals surface area contributed by atoms with E-state index >= 15 is 0 Å². The Kier molecular flexibility index (Phi) is 4.89. The van der Waals surface area contributed by atoms with Gasteiger partial charge in [-0.25, -0.2) is 4.83 Å². The Balaban J connectivity index is 2.13. The first kappa shape index (κ1) is 16.1. The van der Waals surface area contributed by atoms with E-state index in [9.17, 15) is 13.5 Å². The van der Waals surface area contributed by atoms with E-state index in [4.69, 9.17) is 16.3 Å². The number of nitrogens with zero attached hydrogens (tertiary/aromatic N) is 1. The third kappa shape index (κ3) is 3.90. The number of phenolic OH excluding ortho intramolecular Hbond substituents is 1. The van der Waals surface area contributed by atoms with Crippen LogP contribution in [0.15, 0.2) is 52.5 Å². The summed E-state index contributed by atoms with van der Waals surface area (Å²) in [6.07, 6.45) is 1.30. The van der Waals surface area contributed by atoms with E-state index < -0.39 is 10.0 Å². The summed E-state index contributed by atoms with van der Waals surface area (Å²) in [6, 6.07) is 10.2. The first-order chi connectivity index (χ1) is 10.4. The van der Waals surface area contributed by atoms with Crippen molar-refractivity contribution < 1.29 is 18.3 Å². The maximum atomic E-state index is 12.0. The number of aromatic hydroxyl groups is 1. The number of rotatable bonds is 5. The number of methoxy groups -OCH3 is 1. The van der Waals surface area contributed by atoms with E-state index in [1.165, 1.54) is 49.7 Å². The van der Waals surface area contributed by atoms with Crippen LogP contribution in [0.5, 0.6) is 11.5 Å². The number of benzene rings is 2. The molecule has 116 valence electrons. The molecule has 0 aromatic heterocycles. The third-order valence-electron chi connectivity index (χ3n) is 2.71. The van der Waals surface area contributed by atoms with Crippen molar-refractivity contribution in [1.29, 1.82) is 0 Å². The number of hydrogen-bond acceptors (Lipinski definition) is 5. The van der Waals surface area contributed by atoms with Crippen molar-refractivity contribution in [2.45, 2.75) is 4.90 Å². The van der Waals surface area contributed by atoms with Gasteiger partial charge in [0.25, 0.3) is 10.0 Å². The minimum atomic E-state index is -3.76. The number of sulfonamides is 1. The molecule has 2 aromatic carbocycles. The average Bonchev–Trinajstić information content (AvgIpc) is 2.49. The van der Waals surface area contributed by atoms with Crippen LogP contribution in [0.2, 0.25) is 5.02 Å². The first-order valence-corrected chi connectivity index (χ1v) is 7.96. The fourth-order valence-electron chi connectivity index (χ4n) is 1.61. The molecule has 2 rings (SSSR count). The van der Waals surface area contributed by atoms with Crippen molar-refractivity contribution in [3.05, 3.63) is 53.1 Å². The molecule has 2 N–H and O–H groups in total. The normalized spacial score (nSPS) is 11.5. The van der Waals surface area contributed by atoms with Gasteiger partial charge in [0.1, 0.15) is 0 Å². The number of hydrogen-bond donors (Lipinski definition) is 2. The average molecular weight is 341 g/mol. The van der Waals surface area contributed by atoms with E-state index in [0.29, 0.717) is 10.6 Å². The summed E-state index contributed by atoms with van der Waals surface area (Å²) in [5.41, 5.74) is 0.563. The standard InChI is InChI=1S/C14H13ClN2O4S/c1-21-14-8-10(2-7-13(14)18)9-16-17-22(19,20)12-5-3-11(15)4-6-12/h2-9,17-18H,1H3/b16-9-. The minimum Gasteiger partial charge on any atom is -0.504 e. The number of nitrogens with one attached hydrogen (secondary N) is 1. The first-order valence-electron chi connectivity index (χ1n) is 6.10. The number of ether oxygens (including phenoxy) is 1. The van der Waals surface area contributed by atoms with Crippen LogP contribution < -0.4 is 9.57 Å². The smallest absolute Gasteiger partial charge is 0.276 e. The number of halogens is 1. The van der Waals surface area contributed by atoms with Gasteiger partial charge >= 0.3 is 0 Å². The van der Waals surface area contributed by atoms with Gasteiger partial charge in [0.15, 0.2) is 11.5 Å². The molecule has 0 spiro atoms. The highest BCUT2D eigenvalue weighted by Gasteiger charge is 2.12. The molecule has 2 aromatic rings. The highest BCUT2D eigenvalue weighted by molar-refractivity contribution is 7.89. The lowest BCUT2D eigenvalue weighted by atomic mass is 10.2. The van der Waals surface area contributed by atoms with Crippen molar-refractivity contribution in [3.8, 4) is 11.5 Å². The topological polar surface area (TPSA) is 88.0 Å². The molecular formula is C14H13ClN2O4S. The summed E-state index contributed by atoms with van der Waals surface area (Å²) in [4.78, 5) is 2.14. The molecule has 0 unspecified atom stereocenters. The second kappa shape index (κ2) is 6.67. The highest BCUT2D eigenvalue weighted by Crippen LogP contribution is 2.25. The molecule has 0 bridgehead atoms. The van der Waals surface area contributed by atoms with E-state index in [1.807, 2.05) is 0 Å². The molecule has 0 saturated heterocycles. The minimum absolute atomic E-state index is 0.0126. The lowest BCUT2D eigenvalue weighted by Crippen LogP contribution is -2.18. The van der Waals surface area contributed by atoms with Crippen LogP contribution in [0, 0.1) is 0 Å². The summed E-state index contributed by atoms with van der Waals surface area (Å²) in [7, 11) is -2.34. The van der Waals surface area contributed by atoms with Crippen molar-refractivity contribution in [2.24, 2.45) is 5.10 Å². The number of hydrazone groups is 1. The Morgan fingerprint density at radius 3 is 2.55 bits per heavy atom. The van der Waals surface area contributed by atoms with Gasteiger partial charge in [-0.3, -0.25) is 0 Å². The zero-order valence-electron chi connectivity index (χ0n) is 11.5. The molecule has 0 aliphatic rings. The van der Waals surface area contributed by atoms with Gasteiger partial charge in [-0.05, 0) is 48.0 Å².